The van der Waals surface area contributed by atoms with Gasteiger partial charge in [-0.15, -0.1) is 0 Å². The zero-order valence-electron chi connectivity index (χ0n) is 13.3. The SMILES string of the molecule is NC1CCC(CNc2ccc(N3CCCCC3=O)cc2)CC1. The van der Waals surface area contributed by atoms with Gasteiger partial charge in [-0.1, -0.05) is 0 Å². The average Bonchev–Trinajstić information content (AvgIpc) is 2.55. The van der Waals surface area contributed by atoms with Crippen LogP contribution in [0.2, 0.25) is 0 Å². The molecular weight excluding hydrogens is 274 g/mol. The second-order valence-electron chi connectivity index (χ2n) is 6.71. The molecule has 1 aliphatic heterocycles. The van der Waals surface area contributed by atoms with Crippen molar-refractivity contribution in [2.75, 3.05) is 23.3 Å². The van der Waals surface area contributed by atoms with Crippen LogP contribution in [0.5, 0.6) is 0 Å². The van der Waals surface area contributed by atoms with Crippen molar-refractivity contribution in [3.05, 3.63) is 24.3 Å². The molecular formula is C18H27N3O. The van der Waals surface area contributed by atoms with Crippen molar-refractivity contribution in [3.8, 4) is 0 Å². The van der Waals surface area contributed by atoms with Crippen molar-refractivity contribution in [2.24, 2.45) is 11.7 Å². The quantitative estimate of drug-likeness (QED) is 0.898. The minimum Gasteiger partial charge on any atom is -0.385 e. The molecule has 0 spiro atoms. The number of nitrogens with two attached hydrogens (primary N) is 1. The molecule has 0 radical (unpaired) electrons. The van der Waals surface area contributed by atoms with Crippen LogP contribution in [-0.4, -0.2) is 25.0 Å². The molecule has 1 saturated heterocycles. The molecule has 0 atom stereocenters. The number of piperidine rings is 1. The highest BCUT2D eigenvalue weighted by atomic mass is 16.2. The Kier molecular flexibility index (Phi) is 4.98. The van der Waals surface area contributed by atoms with Crippen molar-refractivity contribution in [3.63, 3.8) is 0 Å². The fraction of sp³-hybridized carbons (Fsp3) is 0.611. The van der Waals surface area contributed by atoms with Gasteiger partial charge in [-0.05, 0) is 68.7 Å². The first-order valence-corrected chi connectivity index (χ1v) is 8.62. The molecule has 1 aromatic carbocycles. The summed E-state index contributed by atoms with van der Waals surface area (Å²) in [4.78, 5) is 13.9. The second kappa shape index (κ2) is 7.14. The van der Waals surface area contributed by atoms with Gasteiger partial charge in [0.1, 0.15) is 0 Å². The molecule has 4 nitrogen and oxygen atoms in total. The summed E-state index contributed by atoms with van der Waals surface area (Å²) in [6.07, 6.45) is 7.59. The van der Waals surface area contributed by atoms with Crippen LogP contribution in [-0.2, 0) is 4.79 Å². The molecule has 1 amide bonds. The van der Waals surface area contributed by atoms with E-state index in [-0.39, 0.29) is 5.91 Å². The number of hydrogen-bond donors (Lipinski definition) is 2. The standard InChI is InChI=1S/C18H27N3O/c19-15-6-4-14(5-7-15)13-20-16-8-10-17(11-9-16)21-12-2-1-3-18(21)22/h8-11,14-15,20H,1-7,12-13,19H2. The Labute approximate surface area is 133 Å². The van der Waals surface area contributed by atoms with Crippen LogP contribution in [0.1, 0.15) is 44.9 Å². The van der Waals surface area contributed by atoms with Gasteiger partial charge >= 0.3 is 0 Å². The molecule has 3 rings (SSSR count). The number of rotatable bonds is 4. The predicted molar refractivity (Wildman–Crippen MR) is 91.1 cm³/mol. The first kappa shape index (κ1) is 15.3. The Morgan fingerprint density at radius 2 is 1.82 bits per heavy atom. The molecule has 0 bridgehead atoms. The van der Waals surface area contributed by atoms with Crippen LogP contribution in [0.3, 0.4) is 0 Å². The average molecular weight is 301 g/mol. The molecule has 3 N–H and O–H groups in total. The third-order valence-corrected chi connectivity index (χ3v) is 4.99. The topological polar surface area (TPSA) is 58.4 Å². The van der Waals surface area contributed by atoms with E-state index in [0.29, 0.717) is 12.5 Å². The third-order valence-electron chi connectivity index (χ3n) is 4.99. The largest absolute Gasteiger partial charge is 0.385 e. The van der Waals surface area contributed by atoms with E-state index >= 15 is 0 Å². The Bertz CT molecular complexity index is 492. The normalized spacial score (nSPS) is 26.0. The van der Waals surface area contributed by atoms with Crippen molar-refractivity contribution < 1.29 is 4.79 Å². The van der Waals surface area contributed by atoms with Gasteiger partial charge < -0.3 is 16.0 Å². The molecule has 1 aliphatic carbocycles. The van der Waals surface area contributed by atoms with Crippen LogP contribution < -0.4 is 16.0 Å². The highest BCUT2D eigenvalue weighted by molar-refractivity contribution is 5.94. The van der Waals surface area contributed by atoms with Gasteiger partial charge in [-0.25, -0.2) is 0 Å². The summed E-state index contributed by atoms with van der Waals surface area (Å²) in [5, 5.41) is 3.53. The molecule has 2 aliphatic rings. The van der Waals surface area contributed by atoms with E-state index < -0.39 is 0 Å². The van der Waals surface area contributed by atoms with E-state index in [0.717, 1.165) is 56.1 Å². The van der Waals surface area contributed by atoms with Crippen LogP contribution in [0.25, 0.3) is 0 Å². The van der Waals surface area contributed by atoms with Gasteiger partial charge in [0.25, 0.3) is 0 Å². The number of carbonyl (C=O) groups is 1. The van der Waals surface area contributed by atoms with Gasteiger partial charge in [-0.2, -0.15) is 0 Å². The number of benzene rings is 1. The number of carbonyl (C=O) groups excluding carboxylic acids is 1. The molecule has 22 heavy (non-hydrogen) atoms. The molecule has 2 fully saturated rings. The summed E-state index contributed by atoms with van der Waals surface area (Å²) >= 11 is 0. The second-order valence-corrected chi connectivity index (χ2v) is 6.71. The Morgan fingerprint density at radius 1 is 1.09 bits per heavy atom. The summed E-state index contributed by atoms with van der Waals surface area (Å²) in [6.45, 7) is 1.88. The minimum absolute atomic E-state index is 0.255. The lowest BCUT2D eigenvalue weighted by molar-refractivity contribution is -0.119. The molecule has 1 heterocycles. The lowest BCUT2D eigenvalue weighted by Gasteiger charge is -2.27. The Morgan fingerprint density at radius 3 is 2.50 bits per heavy atom. The summed E-state index contributed by atoms with van der Waals surface area (Å²) in [7, 11) is 0. The monoisotopic (exact) mass is 301 g/mol. The third kappa shape index (κ3) is 3.80. The first-order chi connectivity index (χ1) is 10.7. The molecule has 4 heteroatoms. The van der Waals surface area contributed by atoms with Crippen molar-refractivity contribution in [2.45, 2.75) is 51.0 Å². The zero-order chi connectivity index (χ0) is 15.4. The summed E-state index contributed by atoms with van der Waals surface area (Å²) in [5.41, 5.74) is 8.12. The van der Waals surface area contributed by atoms with Gasteiger partial charge in [0.2, 0.25) is 5.91 Å². The van der Waals surface area contributed by atoms with Gasteiger partial charge in [0.15, 0.2) is 0 Å². The molecule has 1 aromatic rings. The van der Waals surface area contributed by atoms with Crippen molar-refractivity contribution in [1.29, 1.82) is 0 Å². The maximum absolute atomic E-state index is 11.9. The number of nitrogens with zero attached hydrogens (tertiary/aromatic N) is 1. The van der Waals surface area contributed by atoms with Gasteiger partial charge in [0.05, 0.1) is 0 Å². The lowest BCUT2D eigenvalue weighted by Crippen LogP contribution is -2.35. The van der Waals surface area contributed by atoms with Crippen molar-refractivity contribution >= 4 is 17.3 Å². The van der Waals surface area contributed by atoms with Gasteiger partial charge in [-0.3, -0.25) is 4.79 Å². The Balaban J connectivity index is 1.52. The summed E-state index contributed by atoms with van der Waals surface area (Å²) in [6, 6.07) is 8.71. The van der Waals surface area contributed by atoms with E-state index in [4.69, 9.17) is 5.73 Å². The van der Waals surface area contributed by atoms with Crippen molar-refractivity contribution in [1.82, 2.24) is 0 Å². The maximum atomic E-state index is 11.9. The van der Waals surface area contributed by atoms with Crippen LogP contribution in [0, 0.1) is 5.92 Å². The number of anilines is 2. The van der Waals surface area contributed by atoms with E-state index in [9.17, 15) is 4.79 Å². The summed E-state index contributed by atoms with van der Waals surface area (Å²) < 4.78 is 0. The fourth-order valence-electron chi connectivity index (χ4n) is 3.49. The predicted octanol–water partition coefficient (Wildman–Crippen LogP) is 3.13. The Hall–Kier alpha value is -1.55. The number of nitrogens with one attached hydrogen (secondary N) is 1. The van der Waals surface area contributed by atoms with Crippen LogP contribution >= 0.6 is 0 Å². The molecule has 0 unspecified atom stereocenters. The first-order valence-electron chi connectivity index (χ1n) is 8.62. The van der Waals surface area contributed by atoms with E-state index in [2.05, 4.69) is 29.6 Å². The number of amides is 1. The zero-order valence-corrected chi connectivity index (χ0v) is 13.3. The molecule has 0 aromatic heterocycles. The number of hydrogen-bond acceptors (Lipinski definition) is 3. The summed E-state index contributed by atoms with van der Waals surface area (Å²) in [5.74, 6) is 0.994. The van der Waals surface area contributed by atoms with E-state index in [1.807, 2.05) is 4.90 Å². The van der Waals surface area contributed by atoms with Crippen LogP contribution in [0.4, 0.5) is 11.4 Å². The maximum Gasteiger partial charge on any atom is 0.226 e. The van der Waals surface area contributed by atoms with Crippen LogP contribution in [0.15, 0.2) is 24.3 Å². The minimum atomic E-state index is 0.255. The van der Waals surface area contributed by atoms with E-state index in [1.54, 1.807) is 0 Å². The highest BCUT2D eigenvalue weighted by Gasteiger charge is 2.20. The highest BCUT2D eigenvalue weighted by Crippen LogP contribution is 2.25. The van der Waals surface area contributed by atoms with Gasteiger partial charge in [0, 0.05) is 36.9 Å². The smallest absolute Gasteiger partial charge is 0.226 e. The lowest BCUT2D eigenvalue weighted by atomic mass is 9.86. The van der Waals surface area contributed by atoms with E-state index in [1.165, 1.54) is 12.8 Å². The fourth-order valence-corrected chi connectivity index (χ4v) is 3.49. The molecule has 120 valence electrons. The molecule has 1 saturated carbocycles.